The molecule has 0 radical (unpaired) electrons. The second kappa shape index (κ2) is 9.40. The molecule has 0 fully saturated rings. The highest BCUT2D eigenvalue weighted by Crippen LogP contribution is 2.30. The van der Waals surface area contributed by atoms with Crippen molar-refractivity contribution in [3.05, 3.63) is 11.4 Å². The molecule has 0 aromatic rings. The molecule has 1 atom stereocenters. The standard InChI is InChI=1S/C12H24N2.C4BN4/c1-6-9-14-10(4)12(7-2)13(8-3)11(14)5;6-1-5(2-7,3-8)4-9/h11H,6-9H2,1-5H3;/q;-1. The summed E-state index contributed by atoms with van der Waals surface area (Å²) in [5, 5.41) is 32.3. The van der Waals surface area contributed by atoms with Crippen molar-refractivity contribution >= 4 is 6.15 Å². The topological polar surface area (TPSA) is 102 Å². The Hall–Kier alpha value is -2.64. The smallest absolute Gasteiger partial charge is 0.354 e. The molecule has 0 saturated heterocycles. The van der Waals surface area contributed by atoms with E-state index in [1.54, 1.807) is 0 Å². The second-order valence-electron chi connectivity index (χ2n) is 5.38. The maximum atomic E-state index is 8.09. The van der Waals surface area contributed by atoms with Crippen molar-refractivity contribution in [2.45, 2.75) is 53.6 Å². The molecular formula is C16H24BN6-. The molecule has 6 nitrogen and oxygen atoms in total. The van der Waals surface area contributed by atoms with Crippen molar-refractivity contribution in [3.8, 4) is 23.9 Å². The third kappa shape index (κ3) is 4.42. The average Bonchev–Trinajstić information content (AvgIpc) is 2.81. The first kappa shape index (κ1) is 20.4. The number of nitriles is 4. The van der Waals surface area contributed by atoms with Crippen molar-refractivity contribution in [1.82, 2.24) is 9.80 Å². The molecule has 23 heavy (non-hydrogen) atoms. The Balaban J connectivity index is 0.000000468. The lowest BCUT2D eigenvalue weighted by molar-refractivity contribution is 0.159. The number of hydrogen-bond donors (Lipinski definition) is 0. The molecule has 7 heteroatoms. The number of hydrogen-bond acceptors (Lipinski definition) is 6. The van der Waals surface area contributed by atoms with Gasteiger partial charge in [-0.05, 0) is 33.6 Å². The monoisotopic (exact) mass is 311 g/mol. The lowest BCUT2D eigenvalue weighted by atomic mass is 9.30. The van der Waals surface area contributed by atoms with Crippen LogP contribution in [0.3, 0.4) is 0 Å². The van der Waals surface area contributed by atoms with Crippen LogP contribution in [0.2, 0.25) is 0 Å². The minimum Gasteiger partial charge on any atom is -0.354 e. The number of nitrogens with zero attached hydrogens (tertiary/aromatic N) is 6. The van der Waals surface area contributed by atoms with Gasteiger partial charge < -0.3 is 9.80 Å². The molecule has 0 aliphatic carbocycles. The van der Waals surface area contributed by atoms with E-state index in [2.05, 4.69) is 44.4 Å². The van der Waals surface area contributed by atoms with E-state index >= 15 is 0 Å². The molecule has 1 unspecified atom stereocenters. The van der Waals surface area contributed by atoms with E-state index in [-0.39, 0.29) is 0 Å². The third-order valence-corrected chi connectivity index (χ3v) is 4.01. The van der Waals surface area contributed by atoms with E-state index < -0.39 is 6.15 Å². The van der Waals surface area contributed by atoms with Gasteiger partial charge in [-0.15, -0.1) is 23.9 Å². The van der Waals surface area contributed by atoms with Crippen LogP contribution < -0.4 is 0 Å². The van der Waals surface area contributed by atoms with Crippen LogP contribution in [0.1, 0.15) is 47.5 Å². The minimum absolute atomic E-state index is 0.565. The predicted molar refractivity (Wildman–Crippen MR) is 90.0 cm³/mol. The van der Waals surface area contributed by atoms with Gasteiger partial charge in [0.15, 0.2) is 0 Å². The van der Waals surface area contributed by atoms with E-state index in [4.69, 9.17) is 21.0 Å². The maximum absolute atomic E-state index is 8.09. The molecular weight excluding hydrogens is 287 g/mol. The molecule has 1 rings (SSSR count). The third-order valence-electron chi connectivity index (χ3n) is 4.01. The quantitative estimate of drug-likeness (QED) is 0.740. The lowest BCUT2D eigenvalue weighted by Gasteiger charge is -2.31. The number of rotatable bonds is 4. The molecule has 1 aliphatic rings. The summed E-state index contributed by atoms with van der Waals surface area (Å²) >= 11 is 0. The molecule has 0 aromatic carbocycles. The summed E-state index contributed by atoms with van der Waals surface area (Å²) in [6.45, 7) is 13.6. The van der Waals surface area contributed by atoms with E-state index in [9.17, 15) is 0 Å². The van der Waals surface area contributed by atoms with Crippen LogP contribution in [-0.2, 0) is 0 Å². The normalized spacial score (nSPS) is 16.7. The highest BCUT2D eigenvalue weighted by atomic mass is 15.4. The molecule has 0 saturated carbocycles. The van der Waals surface area contributed by atoms with Gasteiger partial charge in [-0.25, -0.2) is 21.0 Å². The first-order valence-electron chi connectivity index (χ1n) is 7.95. The summed E-state index contributed by atoms with van der Waals surface area (Å²) in [6.07, 6.45) is 0.232. The summed E-state index contributed by atoms with van der Waals surface area (Å²) in [5.74, 6) is 5.38. The summed E-state index contributed by atoms with van der Waals surface area (Å²) in [4.78, 5) is 5.05. The molecule has 0 N–H and O–H groups in total. The van der Waals surface area contributed by atoms with Crippen LogP contribution >= 0.6 is 0 Å². The van der Waals surface area contributed by atoms with Crippen molar-refractivity contribution in [2.24, 2.45) is 0 Å². The molecule has 1 heterocycles. The summed E-state index contributed by atoms with van der Waals surface area (Å²) in [7, 11) is 0. The first-order chi connectivity index (χ1) is 10.9. The fraction of sp³-hybridized carbons (Fsp3) is 0.625. The van der Waals surface area contributed by atoms with E-state index in [1.165, 1.54) is 48.2 Å². The van der Waals surface area contributed by atoms with Gasteiger partial charge in [-0.1, -0.05) is 13.8 Å². The summed E-state index contributed by atoms with van der Waals surface area (Å²) in [6, 6.07) is 0. The molecule has 0 amide bonds. The van der Waals surface area contributed by atoms with Gasteiger partial charge >= 0.3 is 6.15 Å². The highest BCUT2D eigenvalue weighted by molar-refractivity contribution is 7.05. The Morgan fingerprint density at radius 1 is 0.957 bits per heavy atom. The summed E-state index contributed by atoms with van der Waals surface area (Å²) in [5.41, 5.74) is 3.03. The molecule has 0 bridgehead atoms. The van der Waals surface area contributed by atoms with Crippen LogP contribution in [0.25, 0.3) is 0 Å². The van der Waals surface area contributed by atoms with Gasteiger partial charge in [0.2, 0.25) is 0 Å². The molecule has 122 valence electrons. The average molecular weight is 311 g/mol. The van der Waals surface area contributed by atoms with Crippen molar-refractivity contribution in [2.75, 3.05) is 13.1 Å². The fourth-order valence-electron chi connectivity index (χ4n) is 2.73. The van der Waals surface area contributed by atoms with Crippen LogP contribution in [0, 0.1) is 44.9 Å². The van der Waals surface area contributed by atoms with E-state index in [0.29, 0.717) is 6.17 Å². The Kier molecular flexibility index (Phi) is 8.32. The predicted octanol–water partition coefficient (Wildman–Crippen LogP) is 2.71. The van der Waals surface area contributed by atoms with Gasteiger partial charge in [0.25, 0.3) is 0 Å². The maximum Gasteiger partial charge on any atom is 0.383 e. The van der Waals surface area contributed by atoms with Crippen molar-refractivity contribution in [3.63, 3.8) is 0 Å². The Labute approximate surface area is 139 Å². The number of allylic oxidation sites excluding steroid dienone is 2. The van der Waals surface area contributed by atoms with Crippen LogP contribution in [0.4, 0.5) is 0 Å². The Bertz CT molecular complexity index is 537. The van der Waals surface area contributed by atoms with E-state index in [0.717, 1.165) is 13.0 Å². The van der Waals surface area contributed by atoms with Gasteiger partial charge in [0.1, 0.15) is 0 Å². The SMILES string of the molecule is CCCN1C(C)=C(CC)N(CC)C1C.N#C[B-](C#N)(C#N)C#N. The van der Waals surface area contributed by atoms with E-state index in [1.807, 2.05) is 0 Å². The first-order valence-corrected chi connectivity index (χ1v) is 7.95. The Morgan fingerprint density at radius 2 is 1.43 bits per heavy atom. The summed E-state index contributed by atoms with van der Waals surface area (Å²) < 4.78 is 0. The van der Waals surface area contributed by atoms with Gasteiger partial charge in [-0.2, -0.15) is 0 Å². The van der Waals surface area contributed by atoms with Crippen LogP contribution in [0.15, 0.2) is 11.4 Å². The van der Waals surface area contributed by atoms with Crippen LogP contribution in [0.5, 0.6) is 0 Å². The van der Waals surface area contributed by atoms with Crippen molar-refractivity contribution in [1.29, 1.82) is 21.0 Å². The molecule has 0 aromatic heterocycles. The fourth-order valence-corrected chi connectivity index (χ4v) is 2.73. The minimum atomic E-state index is -2.72. The zero-order valence-corrected chi connectivity index (χ0v) is 14.7. The largest absolute Gasteiger partial charge is 0.383 e. The van der Waals surface area contributed by atoms with Crippen LogP contribution in [-0.4, -0.2) is 35.2 Å². The van der Waals surface area contributed by atoms with Gasteiger partial charge in [0, 0.05) is 24.5 Å². The highest BCUT2D eigenvalue weighted by Gasteiger charge is 2.29. The molecule has 0 spiro atoms. The van der Waals surface area contributed by atoms with Gasteiger partial charge in [0.05, 0.1) is 6.17 Å². The molecule has 1 aliphatic heterocycles. The zero-order chi connectivity index (χ0) is 18.0. The Morgan fingerprint density at radius 3 is 1.65 bits per heavy atom. The second-order valence-corrected chi connectivity index (χ2v) is 5.38. The van der Waals surface area contributed by atoms with Gasteiger partial charge in [-0.3, -0.25) is 0 Å². The lowest BCUT2D eigenvalue weighted by Crippen LogP contribution is -2.38. The van der Waals surface area contributed by atoms with Crippen molar-refractivity contribution < 1.29 is 0 Å². The zero-order valence-electron chi connectivity index (χ0n) is 14.7.